The van der Waals surface area contributed by atoms with Gasteiger partial charge in [0.2, 0.25) is 10.0 Å². The molecule has 5 nitrogen and oxygen atoms in total. The molecule has 0 spiro atoms. The minimum atomic E-state index is -4.17. The van der Waals surface area contributed by atoms with Crippen LogP contribution in [0, 0.1) is 5.82 Å². The number of sulfonamides is 1. The van der Waals surface area contributed by atoms with Crippen molar-refractivity contribution in [2.24, 2.45) is 5.14 Å². The molecule has 22 heavy (non-hydrogen) atoms. The molecule has 1 unspecified atom stereocenters. The van der Waals surface area contributed by atoms with E-state index in [2.05, 4.69) is 0 Å². The largest absolute Gasteiger partial charge is 0.772 e. The van der Waals surface area contributed by atoms with Crippen LogP contribution in [-0.2, 0) is 26.9 Å². The standard InChI is InChI=1S/C13H11ClFNO4S2/c14-10-3-1-9(7-21(17)18)11(6-10)8-2-4-13(12(15)5-8)22(16,19)20/h1-6H,7H2,(H,17,18)(H2,16,19,20)/p-1. The first-order chi connectivity index (χ1) is 10.2. The first-order valence-corrected chi connectivity index (χ1v) is 9.02. The van der Waals surface area contributed by atoms with Gasteiger partial charge in [0, 0.05) is 10.8 Å². The van der Waals surface area contributed by atoms with Gasteiger partial charge >= 0.3 is 0 Å². The van der Waals surface area contributed by atoms with E-state index in [1.165, 1.54) is 24.3 Å². The molecule has 9 heteroatoms. The summed E-state index contributed by atoms with van der Waals surface area (Å²) in [5.41, 5.74) is 1.12. The molecule has 0 fully saturated rings. The lowest BCUT2D eigenvalue weighted by Crippen LogP contribution is -2.14. The van der Waals surface area contributed by atoms with Gasteiger partial charge in [-0.2, -0.15) is 0 Å². The lowest BCUT2D eigenvalue weighted by molar-refractivity contribution is 0.536. The zero-order chi connectivity index (χ0) is 16.5. The van der Waals surface area contributed by atoms with Crippen molar-refractivity contribution in [1.29, 1.82) is 0 Å². The van der Waals surface area contributed by atoms with Crippen LogP contribution >= 0.6 is 11.6 Å². The van der Waals surface area contributed by atoms with E-state index in [9.17, 15) is 21.6 Å². The van der Waals surface area contributed by atoms with Crippen molar-refractivity contribution in [1.82, 2.24) is 0 Å². The zero-order valence-electron chi connectivity index (χ0n) is 11.0. The Bertz CT molecular complexity index is 855. The van der Waals surface area contributed by atoms with Gasteiger partial charge in [-0.25, -0.2) is 17.9 Å². The molecule has 2 aromatic carbocycles. The van der Waals surface area contributed by atoms with Gasteiger partial charge in [-0.3, -0.25) is 4.21 Å². The third-order valence-corrected chi connectivity index (χ3v) is 4.62. The smallest absolute Gasteiger partial charge is 0.240 e. The molecule has 0 aliphatic heterocycles. The number of primary sulfonamides is 1. The van der Waals surface area contributed by atoms with Crippen LogP contribution in [0.5, 0.6) is 0 Å². The van der Waals surface area contributed by atoms with Crippen molar-refractivity contribution >= 4 is 32.7 Å². The fourth-order valence-corrected chi connectivity index (χ4v) is 3.24. The predicted octanol–water partition coefficient (Wildman–Crippen LogP) is 2.17. The third-order valence-electron chi connectivity index (χ3n) is 2.89. The Labute approximate surface area is 134 Å². The lowest BCUT2D eigenvalue weighted by Gasteiger charge is -2.13. The summed E-state index contributed by atoms with van der Waals surface area (Å²) in [5, 5.41) is 5.24. The monoisotopic (exact) mass is 362 g/mol. The molecule has 0 aliphatic carbocycles. The van der Waals surface area contributed by atoms with Crippen molar-refractivity contribution in [2.75, 3.05) is 0 Å². The second-order valence-electron chi connectivity index (χ2n) is 4.44. The van der Waals surface area contributed by atoms with E-state index in [0.717, 1.165) is 12.1 Å². The highest BCUT2D eigenvalue weighted by atomic mass is 35.5. The highest BCUT2D eigenvalue weighted by molar-refractivity contribution is 7.89. The fraction of sp³-hybridized carbons (Fsp3) is 0.0769. The molecule has 0 saturated heterocycles. The number of hydrogen-bond acceptors (Lipinski definition) is 4. The molecule has 2 rings (SSSR count). The van der Waals surface area contributed by atoms with Crippen LogP contribution in [0.15, 0.2) is 41.3 Å². The van der Waals surface area contributed by atoms with Crippen molar-refractivity contribution in [3.63, 3.8) is 0 Å². The highest BCUT2D eigenvalue weighted by Crippen LogP contribution is 2.30. The molecule has 118 valence electrons. The van der Waals surface area contributed by atoms with Crippen LogP contribution in [0.4, 0.5) is 4.39 Å². The van der Waals surface area contributed by atoms with Gasteiger partial charge in [-0.15, -0.1) is 0 Å². The molecule has 2 aromatic rings. The van der Waals surface area contributed by atoms with E-state index >= 15 is 0 Å². The average Bonchev–Trinajstić information content (AvgIpc) is 2.38. The third kappa shape index (κ3) is 3.90. The highest BCUT2D eigenvalue weighted by Gasteiger charge is 2.16. The summed E-state index contributed by atoms with van der Waals surface area (Å²) in [6.45, 7) is 0. The van der Waals surface area contributed by atoms with Crippen molar-refractivity contribution in [3.05, 3.63) is 52.8 Å². The molecule has 0 aliphatic rings. The van der Waals surface area contributed by atoms with Gasteiger partial charge in [0.25, 0.3) is 0 Å². The van der Waals surface area contributed by atoms with E-state index in [0.29, 0.717) is 21.7 Å². The van der Waals surface area contributed by atoms with E-state index in [4.69, 9.17) is 16.7 Å². The van der Waals surface area contributed by atoms with Crippen LogP contribution in [0.25, 0.3) is 11.1 Å². The lowest BCUT2D eigenvalue weighted by atomic mass is 10.0. The van der Waals surface area contributed by atoms with Gasteiger partial charge in [0.05, 0.1) is 0 Å². The second kappa shape index (κ2) is 6.43. The molecule has 0 aromatic heterocycles. The van der Waals surface area contributed by atoms with Crippen LogP contribution < -0.4 is 5.14 Å². The molecular formula is C13H10ClFNO4S2-. The molecular weight excluding hydrogens is 353 g/mol. The summed E-state index contributed by atoms with van der Waals surface area (Å²) < 4.78 is 58.1. The summed E-state index contributed by atoms with van der Waals surface area (Å²) in [6, 6.07) is 7.85. The van der Waals surface area contributed by atoms with Gasteiger partial charge in [0.1, 0.15) is 10.7 Å². The van der Waals surface area contributed by atoms with Gasteiger partial charge < -0.3 is 4.55 Å². The number of halogens is 2. The number of benzene rings is 2. The normalized spacial score (nSPS) is 13.1. The Morgan fingerprint density at radius 1 is 1.23 bits per heavy atom. The Kier molecular flexibility index (Phi) is 4.98. The molecule has 1 atom stereocenters. The number of nitrogens with two attached hydrogens (primary N) is 1. The minimum Gasteiger partial charge on any atom is -0.772 e. The SMILES string of the molecule is NS(=O)(=O)c1ccc(-c2cc(Cl)ccc2CS(=O)[O-])cc1F. The number of rotatable bonds is 4. The Balaban J connectivity index is 2.59. The van der Waals surface area contributed by atoms with Gasteiger partial charge in [-0.05, 0) is 41.0 Å². The summed E-state index contributed by atoms with van der Waals surface area (Å²) in [6.07, 6.45) is 0. The first-order valence-electron chi connectivity index (χ1n) is 5.85. The van der Waals surface area contributed by atoms with Crippen LogP contribution in [-0.4, -0.2) is 17.2 Å². The molecule has 0 bridgehead atoms. The van der Waals surface area contributed by atoms with Crippen LogP contribution in [0.1, 0.15) is 5.56 Å². The maximum absolute atomic E-state index is 13.9. The Morgan fingerprint density at radius 3 is 2.45 bits per heavy atom. The van der Waals surface area contributed by atoms with Crippen LogP contribution in [0.3, 0.4) is 0 Å². The first kappa shape index (κ1) is 17.0. The topological polar surface area (TPSA) is 100 Å². The van der Waals surface area contributed by atoms with Gasteiger partial charge in [0.15, 0.2) is 0 Å². The maximum atomic E-state index is 13.9. The quantitative estimate of drug-likeness (QED) is 0.842. The predicted molar refractivity (Wildman–Crippen MR) is 80.8 cm³/mol. The van der Waals surface area contributed by atoms with Crippen molar-refractivity contribution in [3.8, 4) is 11.1 Å². The fourth-order valence-electron chi connectivity index (χ4n) is 1.97. The zero-order valence-corrected chi connectivity index (χ0v) is 13.3. The van der Waals surface area contributed by atoms with Crippen molar-refractivity contribution in [2.45, 2.75) is 10.6 Å². The summed E-state index contributed by atoms with van der Waals surface area (Å²) >= 11 is 3.55. The molecule has 0 saturated carbocycles. The van der Waals surface area contributed by atoms with Gasteiger partial charge in [-0.1, -0.05) is 34.8 Å². The Morgan fingerprint density at radius 2 is 1.91 bits per heavy atom. The molecule has 0 radical (unpaired) electrons. The second-order valence-corrected chi connectivity index (χ2v) is 7.30. The maximum Gasteiger partial charge on any atom is 0.240 e. The summed E-state index contributed by atoms with van der Waals surface area (Å²) in [7, 11) is -4.17. The Hall–Kier alpha value is -1.32. The summed E-state index contributed by atoms with van der Waals surface area (Å²) in [5.74, 6) is -1.29. The number of hydrogen-bond donors (Lipinski definition) is 1. The molecule has 0 heterocycles. The van der Waals surface area contributed by atoms with Crippen molar-refractivity contribution < 1.29 is 21.6 Å². The minimum absolute atomic E-state index is 0.273. The van der Waals surface area contributed by atoms with E-state index < -0.39 is 31.8 Å². The molecule has 0 amide bonds. The van der Waals surface area contributed by atoms with E-state index in [1.54, 1.807) is 0 Å². The average molecular weight is 363 g/mol. The van der Waals surface area contributed by atoms with E-state index in [1.807, 2.05) is 0 Å². The summed E-state index contributed by atoms with van der Waals surface area (Å²) in [4.78, 5) is -0.632. The van der Waals surface area contributed by atoms with E-state index in [-0.39, 0.29) is 5.75 Å². The van der Waals surface area contributed by atoms with Crippen LogP contribution in [0.2, 0.25) is 5.02 Å². The molecule has 2 N–H and O–H groups in total.